The van der Waals surface area contributed by atoms with Crippen molar-refractivity contribution in [1.29, 1.82) is 0 Å². The molecular weight excluding hydrogens is 366 g/mol. The summed E-state index contributed by atoms with van der Waals surface area (Å²) in [5, 5.41) is 3.76. The van der Waals surface area contributed by atoms with E-state index in [0.717, 1.165) is 17.4 Å². The maximum atomic E-state index is 6.49. The molecule has 30 heavy (non-hydrogen) atoms. The van der Waals surface area contributed by atoms with Gasteiger partial charge in [-0.15, -0.1) is 0 Å². The van der Waals surface area contributed by atoms with E-state index in [0.29, 0.717) is 0 Å². The molecule has 2 aliphatic rings. The summed E-state index contributed by atoms with van der Waals surface area (Å²) in [6.07, 6.45) is 6.78. The molecule has 1 saturated carbocycles. The van der Waals surface area contributed by atoms with Crippen LogP contribution < -0.4 is 9.30 Å². The Morgan fingerprint density at radius 1 is 0.933 bits per heavy atom. The molecule has 0 bridgehead atoms. The zero-order valence-corrected chi connectivity index (χ0v) is 18.1. The third kappa shape index (κ3) is 2.59. The molecular formula is C28H28NO+. The zero-order valence-electron chi connectivity index (χ0n) is 18.1. The molecule has 0 spiro atoms. The lowest BCUT2D eigenvalue weighted by molar-refractivity contribution is -0.633. The Kier molecular flexibility index (Phi) is 3.93. The number of rotatable bonds is 2. The highest BCUT2D eigenvalue weighted by atomic mass is 16.5. The van der Waals surface area contributed by atoms with Crippen molar-refractivity contribution < 1.29 is 9.30 Å². The maximum absolute atomic E-state index is 6.49. The first-order valence-corrected chi connectivity index (χ1v) is 11.3. The predicted octanol–water partition coefficient (Wildman–Crippen LogP) is 6.94. The third-order valence-corrected chi connectivity index (χ3v) is 7.41. The van der Waals surface area contributed by atoms with Crippen molar-refractivity contribution in [2.75, 3.05) is 0 Å². The van der Waals surface area contributed by atoms with Gasteiger partial charge in [-0.05, 0) is 60.4 Å². The van der Waals surface area contributed by atoms with Gasteiger partial charge in [-0.2, -0.15) is 4.57 Å². The highest BCUT2D eigenvalue weighted by Crippen LogP contribution is 2.47. The number of ether oxygens (including phenoxy) is 1. The minimum atomic E-state index is 0.861. The first kappa shape index (κ1) is 17.9. The molecule has 2 heterocycles. The van der Waals surface area contributed by atoms with E-state index in [1.165, 1.54) is 81.7 Å². The predicted molar refractivity (Wildman–Crippen MR) is 123 cm³/mol. The van der Waals surface area contributed by atoms with Crippen molar-refractivity contribution in [3.05, 3.63) is 65.2 Å². The van der Waals surface area contributed by atoms with Crippen molar-refractivity contribution in [2.45, 2.75) is 46.0 Å². The van der Waals surface area contributed by atoms with Crippen LogP contribution in [0.25, 0.3) is 32.9 Å². The Morgan fingerprint density at radius 2 is 1.77 bits per heavy atom. The van der Waals surface area contributed by atoms with Crippen LogP contribution in [-0.4, -0.2) is 0 Å². The van der Waals surface area contributed by atoms with E-state index < -0.39 is 0 Å². The summed E-state index contributed by atoms with van der Waals surface area (Å²) in [6, 6.07) is 18.0. The molecule has 4 aromatic rings. The fourth-order valence-electron chi connectivity index (χ4n) is 5.73. The van der Waals surface area contributed by atoms with E-state index in [9.17, 15) is 0 Å². The van der Waals surface area contributed by atoms with Crippen molar-refractivity contribution in [1.82, 2.24) is 0 Å². The van der Waals surface area contributed by atoms with Crippen LogP contribution in [0.3, 0.4) is 0 Å². The van der Waals surface area contributed by atoms with Gasteiger partial charge in [0, 0.05) is 17.5 Å². The Labute approximate surface area is 178 Å². The largest absolute Gasteiger partial charge is 0.450 e. The average Bonchev–Trinajstić information content (AvgIpc) is 3.24. The number of fused-ring (bicyclic) bond motifs is 3. The number of nitrogens with zero attached hydrogens (tertiary/aromatic N) is 1. The molecule has 150 valence electrons. The molecule has 0 amide bonds. The second-order valence-corrected chi connectivity index (χ2v) is 9.31. The minimum absolute atomic E-state index is 0.861. The quantitative estimate of drug-likeness (QED) is 0.296. The van der Waals surface area contributed by atoms with Gasteiger partial charge < -0.3 is 4.74 Å². The van der Waals surface area contributed by atoms with Crippen molar-refractivity contribution in [3.63, 3.8) is 0 Å². The molecule has 2 heteroatoms. The van der Waals surface area contributed by atoms with Crippen molar-refractivity contribution in [2.24, 2.45) is 13.0 Å². The molecule has 1 aliphatic carbocycles. The lowest BCUT2D eigenvalue weighted by Gasteiger charge is -2.22. The normalized spacial score (nSPS) is 15.6. The Hall–Kier alpha value is -2.87. The summed E-state index contributed by atoms with van der Waals surface area (Å²) in [4.78, 5) is 0. The van der Waals surface area contributed by atoms with E-state index in [2.05, 4.69) is 74.0 Å². The first-order chi connectivity index (χ1) is 14.6. The van der Waals surface area contributed by atoms with Crippen LogP contribution in [0.2, 0.25) is 0 Å². The lowest BCUT2D eigenvalue weighted by Crippen LogP contribution is -2.33. The van der Waals surface area contributed by atoms with Crippen molar-refractivity contribution >= 4 is 21.7 Å². The molecule has 0 unspecified atom stereocenters. The number of hydrogen-bond donors (Lipinski definition) is 0. The average molecular weight is 395 g/mol. The molecule has 1 fully saturated rings. The van der Waals surface area contributed by atoms with Gasteiger partial charge in [0.05, 0.1) is 10.9 Å². The van der Waals surface area contributed by atoms with E-state index in [-0.39, 0.29) is 0 Å². The fourth-order valence-corrected chi connectivity index (χ4v) is 5.73. The summed E-state index contributed by atoms with van der Waals surface area (Å²) in [6.45, 7) is 4.45. The Balaban J connectivity index is 1.58. The van der Waals surface area contributed by atoms with E-state index in [1.54, 1.807) is 0 Å². The fraction of sp³-hybridized carbons (Fsp3) is 0.321. The summed E-state index contributed by atoms with van der Waals surface area (Å²) in [5.74, 6) is 2.80. The highest BCUT2D eigenvalue weighted by molar-refractivity contribution is 6.05. The number of pyridine rings is 1. The first-order valence-electron chi connectivity index (χ1n) is 11.3. The van der Waals surface area contributed by atoms with Gasteiger partial charge in [0.25, 0.3) is 5.69 Å². The zero-order chi connectivity index (χ0) is 20.4. The monoisotopic (exact) mass is 394 g/mol. The molecule has 1 aromatic heterocycles. The number of benzene rings is 3. The van der Waals surface area contributed by atoms with Crippen LogP contribution in [0, 0.1) is 19.8 Å². The summed E-state index contributed by atoms with van der Waals surface area (Å²) < 4.78 is 8.82. The molecule has 1 aliphatic heterocycles. The van der Waals surface area contributed by atoms with Gasteiger partial charge in [-0.1, -0.05) is 49.9 Å². The maximum Gasteiger partial charge on any atom is 0.256 e. The molecule has 0 N–H and O–H groups in total. The van der Waals surface area contributed by atoms with Crippen molar-refractivity contribution in [3.8, 4) is 22.8 Å². The summed E-state index contributed by atoms with van der Waals surface area (Å²) in [7, 11) is 2.18. The van der Waals surface area contributed by atoms with Gasteiger partial charge in [0.2, 0.25) is 5.52 Å². The molecule has 3 aromatic carbocycles. The van der Waals surface area contributed by atoms with E-state index in [4.69, 9.17) is 4.74 Å². The minimum Gasteiger partial charge on any atom is -0.450 e. The van der Waals surface area contributed by atoms with Crippen LogP contribution in [0.1, 0.15) is 42.4 Å². The van der Waals surface area contributed by atoms with E-state index >= 15 is 0 Å². The topological polar surface area (TPSA) is 13.1 Å². The number of aryl methyl sites for hydroxylation is 2. The van der Waals surface area contributed by atoms with Crippen LogP contribution in [0.15, 0.2) is 48.5 Å². The van der Waals surface area contributed by atoms with Crippen LogP contribution in [0.5, 0.6) is 11.5 Å². The second-order valence-electron chi connectivity index (χ2n) is 9.31. The SMILES string of the molecule is Cc1cc2cccc3c2c(c1C)-c1c(cc2cc(CC4CCCC4)ccc2[n+]1C)O3. The van der Waals surface area contributed by atoms with Gasteiger partial charge in [-0.3, -0.25) is 0 Å². The van der Waals surface area contributed by atoms with Gasteiger partial charge in [-0.25, -0.2) is 0 Å². The van der Waals surface area contributed by atoms with Gasteiger partial charge >= 0.3 is 0 Å². The molecule has 2 nitrogen and oxygen atoms in total. The highest BCUT2D eigenvalue weighted by Gasteiger charge is 2.31. The van der Waals surface area contributed by atoms with Gasteiger partial charge in [0.1, 0.15) is 12.8 Å². The van der Waals surface area contributed by atoms with Gasteiger partial charge in [0.15, 0.2) is 5.75 Å². The standard InChI is InChI=1S/C28H28NO/c1-17-13-21-9-6-10-24-27(21)26(18(17)2)28-25(30-24)16-22-15-20(11-12-23(22)29(28)3)14-19-7-4-5-8-19/h6,9-13,15-16,19H,4-5,7-8,14H2,1-3H3/q+1. The van der Waals surface area contributed by atoms with Crippen LogP contribution in [-0.2, 0) is 13.5 Å². The Morgan fingerprint density at radius 3 is 2.60 bits per heavy atom. The smallest absolute Gasteiger partial charge is 0.256 e. The third-order valence-electron chi connectivity index (χ3n) is 7.41. The number of aromatic nitrogens is 1. The summed E-state index contributed by atoms with van der Waals surface area (Å²) >= 11 is 0. The Bertz CT molecular complexity index is 1330. The lowest BCUT2D eigenvalue weighted by atomic mass is 9.90. The van der Waals surface area contributed by atoms with Crippen LogP contribution >= 0.6 is 0 Å². The molecule has 6 rings (SSSR count). The second kappa shape index (κ2) is 6.57. The molecule has 0 saturated heterocycles. The molecule has 0 atom stereocenters. The molecule has 0 radical (unpaired) electrons. The van der Waals surface area contributed by atoms with Crippen LogP contribution in [0.4, 0.5) is 0 Å². The summed E-state index contributed by atoms with van der Waals surface area (Å²) in [5.41, 5.74) is 7.90. The van der Waals surface area contributed by atoms with E-state index in [1.807, 2.05) is 0 Å². The number of hydrogen-bond acceptors (Lipinski definition) is 1.